The summed E-state index contributed by atoms with van der Waals surface area (Å²) in [7, 11) is 1.24. The van der Waals surface area contributed by atoms with Crippen molar-refractivity contribution in [2.45, 2.75) is 6.92 Å². The highest BCUT2D eigenvalue weighted by molar-refractivity contribution is 8.18. The number of furan rings is 1. The number of esters is 1. The van der Waals surface area contributed by atoms with Crippen LogP contribution in [0.3, 0.4) is 0 Å². The molecule has 26 heavy (non-hydrogen) atoms. The van der Waals surface area contributed by atoms with Crippen LogP contribution in [-0.2, 0) is 14.3 Å². The highest BCUT2D eigenvalue weighted by Gasteiger charge is 2.24. The zero-order chi connectivity index (χ0) is 18.5. The van der Waals surface area contributed by atoms with Crippen LogP contribution >= 0.6 is 11.8 Å². The molecule has 1 N–H and O–H groups in total. The first-order chi connectivity index (χ1) is 12.5. The standard InChI is InChI=1S/C18H15N3O4S/c1-11-6-7-14(25-11)13-5-3-4-12(8-13)10-19-21-18-20-17(23)15(26-18)9-16(22)24-2/h3-10H,1-2H3,(H,20,21,23)/b15-9+,19-10?. The summed E-state index contributed by atoms with van der Waals surface area (Å²) in [4.78, 5) is 23.1. The van der Waals surface area contributed by atoms with Gasteiger partial charge in [-0.05, 0) is 42.4 Å². The van der Waals surface area contributed by atoms with Gasteiger partial charge >= 0.3 is 5.97 Å². The lowest BCUT2D eigenvalue weighted by atomic mass is 10.1. The first-order valence-corrected chi connectivity index (χ1v) is 8.43. The van der Waals surface area contributed by atoms with Crippen molar-refractivity contribution < 1.29 is 18.7 Å². The smallest absolute Gasteiger partial charge is 0.331 e. The molecule has 0 unspecified atom stereocenters. The second kappa shape index (κ2) is 7.83. The van der Waals surface area contributed by atoms with Crippen LogP contribution in [0.1, 0.15) is 11.3 Å². The number of aryl methyl sites for hydroxylation is 1. The molecule has 8 heteroatoms. The van der Waals surface area contributed by atoms with E-state index in [0.717, 1.165) is 40.5 Å². The predicted molar refractivity (Wildman–Crippen MR) is 99.7 cm³/mol. The Hall–Kier alpha value is -3.13. The molecule has 0 spiro atoms. The van der Waals surface area contributed by atoms with E-state index in [1.54, 1.807) is 6.21 Å². The molecule has 1 fully saturated rings. The van der Waals surface area contributed by atoms with Crippen LogP contribution < -0.4 is 5.32 Å². The van der Waals surface area contributed by atoms with Gasteiger partial charge in [-0.25, -0.2) is 4.79 Å². The third kappa shape index (κ3) is 4.28. The largest absolute Gasteiger partial charge is 0.466 e. The lowest BCUT2D eigenvalue weighted by Crippen LogP contribution is -2.19. The van der Waals surface area contributed by atoms with E-state index < -0.39 is 11.9 Å². The zero-order valence-corrected chi connectivity index (χ0v) is 14.9. The van der Waals surface area contributed by atoms with Crippen molar-refractivity contribution in [1.82, 2.24) is 5.32 Å². The molecule has 1 aliphatic rings. The van der Waals surface area contributed by atoms with Crippen LogP contribution in [0.25, 0.3) is 11.3 Å². The molecule has 1 amide bonds. The van der Waals surface area contributed by atoms with Crippen molar-refractivity contribution in [3.05, 3.63) is 58.7 Å². The fraction of sp³-hybridized carbons (Fsp3) is 0.111. The van der Waals surface area contributed by atoms with Crippen LogP contribution in [0.5, 0.6) is 0 Å². The molecule has 2 heterocycles. The highest BCUT2D eigenvalue weighted by Crippen LogP contribution is 2.24. The maximum absolute atomic E-state index is 11.7. The summed E-state index contributed by atoms with van der Waals surface area (Å²) < 4.78 is 10.1. The number of carbonyl (C=O) groups is 2. The minimum Gasteiger partial charge on any atom is -0.466 e. The second-order valence-electron chi connectivity index (χ2n) is 5.27. The number of nitrogens with one attached hydrogen (secondary N) is 1. The fourth-order valence-corrected chi connectivity index (χ4v) is 2.89. The minimum atomic E-state index is -0.600. The summed E-state index contributed by atoms with van der Waals surface area (Å²) in [5, 5.41) is 10.8. The summed E-state index contributed by atoms with van der Waals surface area (Å²) >= 11 is 1.02. The van der Waals surface area contributed by atoms with Gasteiger partial charge in [-0.2, -0.15) is 5.10 Å². The SMILES string of the molecule is COC(=O)/C=C1/S/C(=N\N=Cc2cccc(-c3ccc(C)o3)c2)NC1=O. The van der Waals surface area contributed by atoms with Gasteiger partial charge in [0.1, 0.15) is 11.5 Å². The maximum atomic E-state index is 11.7. The molecular weight excluding hydrogens is 354 g/mol. The van der Waals surface area contributed by atoms with Gasteiger partial charge in [0.15, 0.2) is 5.17 Å². The average molecular weight is 369 g/mol. The van der Waals surface area contributed by atoms with Crippen LogP contribution in [0, 0.1) is 6.92 Å². The zero-order valence-electron chi connectivity index (χ0n) is 14.1. The van der Waals surface area contributed by atoms with Crippen molar-refractivity contribution in [1.29, 1.82) is 0 Å². The molecule has 0 aliphatic carbocycles. The number of hydrogen-bond acceptors (Lipinski definition) is 7. The van der Waals surface area contributed by atoms with E-state index in [9.17, 15) is 9.59 Å². The number of methoxy groups -OCH3 is 1. The summed E-state index contributed by atoms with van der Waals surface area (Å²) in [5.41, 5.74) is 1.77. The minimum absolute atomic E-state index is 0.209. The van der Waals surface area contributed by atoms with E-state index in [1.807, 2.05) is 43.3 Å². The topological polar surface area (TPSA) is 93.3 Å². The first kappa shape index (κ1) is 17.7. The third-order valence-corrected chi connectivity index (χ3v) is 4.27. The molecule has 1 aromatic heterocycles. The molecule has 0 saturated carbocycles. The van der Waals surface area contributed by atoms with Crippen LogP contribution in [0.2, 0.25) is 0 Å². The Morgan fingerprint density at radius 1 is 1.31 bits per heavy atom. The number of thioether (sulfide) groups is 1. The number of benzene rings is 1. The van der Waals surface area contributed by atoms with E-state index in [1.165, 1.54) is 7.11 Å². The lowest BCUT2D eigenvalue weighted by Gasteiger charge is -1.98. The lowest BCUT2D eigenvalue weighted by molar-refractivity contribution is -0.135. The predicted octanol–water partition coefficient (Wildman–Crippen LogP) is 2.86. The Morgan fingerprint density at radius 3 is 2.88 bits per heavy atom. The molecule has 3 rings (SSSR count). The quantitative estimate of drug-likeness (QED) is 0.387. The number of rotatable bonds is 4. The van der Waals surface area contributed by atoms with E-state index in [2.05, 4.69) is 20.3 Å². The Bertz CT molecular complexity index is 943. The average Bonchev–Trinajstić information content (AvgIpc) is 3.21. The van der Waals surface area contributed by atoms with E-state index in [0.29, 0.717) is 5.17 Å². The van der Waals surface area contributed by atoms with Crippen molar-refractivity contribution in [2.75, 3.05) is 7.11 Å². The molecule has 0 atom stereocenters. The van der Waals surface area contributed by atoms with Crippen molar-refractivity contribution in [2.24, 2.45) is 10.2 Å². The van der Waals surface area contributed by atoms with Gasteiger partial charge in [0.25, 0.3) is 5.91 Å². The number of hydrogen-bond donors (Lipinski definition) is 1. The molecule has 1 aromatic carbocycles. The Labute approximate surface area is 153 Å². The fourth-order valence-electron chi connectivity index (χ4n) is 2.15. The summed E-state index contributed by atoms with van der Waals surface area (Å²) in [6.07, 6.45) is 2.68. The van der Waals surface area contributed by atoms with Gasteiger partial charge in [-0.3, -0.25) is 10.1 Å². The molecule has 7 nitrogen and oxygen atoms in total. The van der Waals surface area contributed by atoms with Crippen molar-refractivity contribution in [3.8, 4) is 11.3 Å². The first-order valence-electron chi connectivity index (χ1n) is 7.62. The van der Waals surface area contributed by atoms with Crippen molar-refractivity contribution >= 4 is 35.0 Å². The van der Waals surface area contributed by atoms with Crippen LogP contribution in [0.15, 0.2) is 62.0 Å². The van der Waals surface area contributed by atoms with Gasteiger partial charge in [0.05, 0.1) is 18.2 Å². The van der Waals surface area contributed by atoms with Crippen LogP contribution in [-0.4, -0.2) is 30.4 Å². The molecule has 1 aliphatic heterocycles. The number of amidine groups is 1. The van der Waals surface area contributed by atoms with E-state index >= 15 is 0 Å². The van der Waals surface area contributed by atoms with Crippen molar-refractivity contribution in [3.63, 3.8) is 0 Å². The molecule has 1 saturated heterocycles. The molecule has 132 valence electrons. The van der Waals surface area contributed by atoms with E-state index in [-0.39, 0.29) is 4.91 Å². The summed E-state index contributed by atoms with van der Waals surface area (Å²) in [5.74, 6) is 0.609. The van der Waals surface area contributed by atoms with Gasteiger partial charge in [0.2, 0.25) is 0 Å². The number of nitrogens with zero attached hydrogens (tertiary/aromatic N) is 2. The summed E-state index contributed by atoms with van der Waals surface area (Å²) in [6.45, 7) is 1.89. The Balaban J connectivity index is 1.71. The second-order valence-corrected chi connectivity index (χ2v) is 6.30. The van der Waals surface area contributed by atoms with Gasteiger partial charge in [-0.1, -0.05) is 18.2 Å². The maximum Gasteiger partial charge on any atom is 0.331 e. The Morgan fingerprint density at radius 2 is 2.15 bits per heavy atom. The number of carbonyl (C=O) groups excluding carboxylic acids is 2. The molecular formula is C18H15N3O4S. The third-order valence-electron chi connectivity index (χ3n) is 3.37. The Kier molecular flexibility index (Phi) is 5.33. The summed E-state index contributed by atoms with van der Waals surface area (Å²) in [6, 6.07) is 11.5. The normalized spacial score (nSPS) is 17.2. The molecule has 0 radical (unpaired) electrons. The molecule has 2 aromatic rings. The van der Waals surface area contributed by atoms with Gasteiger partial charge in [-0.15, -0.1) is 5.10 Å². The number of amides is 1. The van der Waals surface area contributed by atoms with Gasteiger partial charge < -0.3 is 9.15 Å². The monoisotopic (exact) mass is 369 g/mol. The van der Waals surface area contributed by atoms with E-state index in [4.69, 9.17) is 4.42 Å². The van der Waals surface area contributed by atoms with Gasteiger partial charge in [0, 0.05) is 11.6 Å². The number of ether oxygens (including phenoxy) is 1. The molecule has 0 bridgehead atoms. The highest BCUT2D eigenvalue weighted by atomic mass is 32.2. The van der Waals surface area contributed by atoms with Crippen LogP contribution in [0.4, 0.5) is 0 Å².